The molecule has 0 spiro atoms. The Morgan fingerprint density at radius 3 is 2.68 bits per heavy atom. The number of fused-ring (bicyclic) bond motifs is 1. The Morgan fingerprint density at radius 1 is 1.15 bits per heavy atom. The first-order valence-electron chi connectivity index (χ1n) is 11.1. The van der Waals surface area contributed by atoms with E-state index in [1.165, 1.54) is 22.5 Å². The van der Waals surface area contributed by atoms with Crippen molar-refractivity contribution >= 4 is 38.6 Å². The van der Waals surface area contributed by atoms with Crippen LogP contribution in [0.25, 0.3) is 17.0 Å². The van der Waals surface area contributed by atoms with Crippen LogP contribution < -0.4 is 10.1 Å². The molecule has 9 heteroatoms. The van der Waals surface area contributed by atoms with Gasteiger partial charge < -0.3 is 14.8 Å². The van der Waals surface area contributed by atoms with Crippen molar-refractivity contribution in [2.75, 3.05) is 31.6 Å². The molecule has 2 heterocycles. The van der Waals surface area contributed by atoms with Crippen LogP contribution in [0, 0.1) is 0 Å². The SMILES string of the molecule is CC(C)Oc1ccc(S(=O)(=O)N2CCOCC2)cc1NC(=O)/C=C/c1cccc2cccnc12. The zero-order chi connectivity index (χ0) is 24.1. The third-order valence-corrected chi connectivity index (χ3v) is 7.15. The second-order valence-electron chi connectivity index (χ2n) is 8.09. The minimum Gasteiger partial charge on any atom is -0.489 e. The van der Waals surface area contributed by atoms with E-state index in [2.05, 4.69) is 10.3 Å². The second-order valence-corrected chi connectivity index (χ2v) is 10.0. The summed E-state index contributed by atoms with van der Waals surface area (Å²) in [6.07, 6.45) is 4.62. The molecule has 0 aliphatic carbocycles. The Bertz CT molecular complexity index is 1310. The summed E-state index contributed by atoms with van der Waals surface area (Å²) in [5.74, 6) is -0.0213. The van der Waals surface area contributed by atoms with Crippen LogP contribution in [0.2, 0.25) is 0 Å². The van der Waals surface area contributed by atoms with E-state index >= 15 is 0 Å². The maximum absolute atomic E-state index is 13.1. The van der Waals surface area contributed by atoms with E-state index in [1.807, 2.05) is 44.2 Å². The molecule has 1 fully saturated rings. The standard InChI is InChI=1S/C25H27N3O5S/c1-18(2)33-23-10-9-21(34(30,31)28-13-15-32-16-14-28)17-22(23)27-24(29)11-8-20-6-3-5-19-7-4-12-26-25(19)20/h3-12,17-18H,13-16H2,1-2H3,(H,27,29)/b11-8+. The molecule has 8 nitrogen and oxygen atoms in total. The number of aromatic nitrogens is 1. The summed E-state index contributed by atoms with van der Waals surface area (Å²) in [6.45, 7) is 5.00. The molecule has 34 heavy (non-hydrogen) atoms. The lowest BCUT2D eigenvalue weighted by Gasteiger charge is -2.26. The third-order valence-electron chi connectivity index (χ3n) is 5.26. The highest BCUT2D eigenvalue weighted by Crippen LogP contribution is 2.30. The van der Waals surface area contributed by atoms with Gasteiger partial charge in [-0.2, -0.15) is 4.31 Å². The average molecular weight is 482 g/mol. The topological polar surface area (TPSA) is 97.8 Å². The normalized spacial score (nSPS) is 15.1. The van der Waals surface area contributed by atoms with Gasteiger partial charge in [0, 0.05) is 36.3 Å². The molecule has 0 radical (unpaired) electrons. The number of ether oxygens (including phenoxy) is 2. The van der Waals surface area contributed by atoms with Crippen LogP contribution >= 0.6 is 0 Å². The monoisotopic (exact) mass is 481 g/mol. The Kier molecular flexibility index (Phi) is 7.26. The van der Waals surface area contributed by atoms with Gasteiger partial charge in [-0.3, -0.25) is 9.78 Å². The fourth-order valence-electron chi connectivity index (χ4n) is 3.66. The molecule has 2 aromatic carbocycles. The fourth-order valence-corrected chi connectivity index (χ4v) is 5.10. The molecule has 1 aliphatic rings. The number of nitrogens with one attached hydrogen (secondary N) is 1. The van der Waals surface area contributed by atoms with Gasteiger partial charge in [-0.1, -0.05) is 24.3 Å². The van der Waals surface area contributed by atoms with Gasteiger partial charge in [-0.25, -0.2) is 8.42 Å². The number of morpholine rings is 1. The summed E-state index contributed by atoms with van der Waals surface area (Å²) in [7, 11) is -3.72. The average Bonchev–Trinajstić information content (AvgIpc) is 2.84. The zero-order valence-corrected chi connectivity index (χ0v) is 19.9. The summed E-state index contributed by atoms with van der Waals surface area (Å²) in [5.41, 5.74) is 1.88. The molecule has 1 saturated heterocycles. The van der Waals surface area contributed by atoms with E-state index in [0.29, 0.717) is 19.0 Å². The molecule has 1 amide bonds. The Balaban J connectivity index is 1.60. The number of hydrogen-bond acceptors (Lipinski definition) is 6. The minimum absolute atomic E-state index is 0.0861. The Hall–Kier alpha value is -3.27. The van der Waals surface area contributed by atoms with Crippen molar-refractivity contribution < 1.29 is 22.7 Å². The molecule has 0 unspecified atom stereocenters. The number of rotatable bonds is 7. The van der Waals surface area contributed by atoms with Crippen LogP contribution in [-0.2, 0) is 19.6 Å². The van der Waals surface area contributed by atoms with Gasteiger partial charge in [-0.15, -0.1) is 0 Å². The summed E-state index contributed by atoms with van der Waals surface area (Å²) >= 11 is 0. The molecule has 1 aromatic heterocycles. The lowest BCUT2D eigenvalue weighted by atomic mass is 10.1. The van der Waals surface area contributed by atoms with Crippen LogP contribution in [0.3, 0.4) is 0 Å². The van der Waals surface area contributed by atoms with Gasteiger partial charge in [0.15, 0.2) is 0 Å². The number of sulfonamides is 1. The molecular weight excluding hydrogens is 454 g/mol. The number of para-hydroxylation sites is 1. The van der Waals surface area contributed by atoms with Crippen LogP contribution in [0.1, 0.15) is 19.4 Å². The number of pyridine rings is 1. The van der Waals surface area contributed by atoms with E-state index in [9.17, 15) is 13.2 Å². The van der Waals surface area contributed by atoms with E-state index in [-0.39, 0.29) is 29.8 Å². The van der Waals surface area contributed by atoms with Crippen molar-refractivity contribution in [2.45, 2.75) is 24.8 Å². The van der Waals surface area contributed by atoms with E-state index in [1.54, 1.807) is 18.3 Å². The summed E-state index contributed by atoms with van der Waals surface area (Å²) in [6, 6.07) is 14.0. The number of hydrogen-bond donors (Lipinski definition) is 1. The van der Waals surface area contributed by atoms with Gasteiger partial charge in [0.2, 0.25) is 15.9 Å². The third kappa shape index (κ3) is 5.44. The molecular formula is C25H27N3O5S. The van der Waals surface area contributed by atoms with E-state index in [0.717, 1.165) is 16.5 Å². The van der Waals surface area contributed by atoms with Crippen molar-refractivity contribution in [3.05, 3.63) is 66.4 Å². The highest BCUT2D eigenvalue weighted by molar-refractivity contribution is 7.89. The first kappa shape index (κ1) is 23.9. The maximum Gasteiger partial charge on any atom is 0.248 e. The van der Waals surface area contributed by atoms with E-state index in [4.69, 9.17) is 9.47 Å². The number of benzene rings is 2. The van der Waals surface area contributed by atoms with Gasteiger partial charge >= 0.3 is 0 Å². The Morgan fingerprint density at radius 2 is 1.91 bits per heavy atom. The van der Waals surface area contributed by atoms with E-state index < -0.39 is 15.9 Å². The van der Waals surface area contributed by atoms with Crippen molar-refractivity contribution in [2.24, 2.45) is 0 Å². The first-order valence-corrected chi connectivity index (χ1v) is 12.5. The molecule has 3 aromatic rings. The largest absolute Gasteiger partial charge is 0.489 e. The van der Waals surface area contributed by atoms with Crippen LogP contribution in [0.4, 0.5) is 5.69 Å². The minimum atomic E-state index is -3.72. The van der Waals surface area contributed by atoms with Gasteiger partial charge in [0.05, 0.1) is 35.4 Å². The van der Waals surface area contributed by atoms with Gasteiger partial charge in [0.1, 0.15) is 5.75 Å². The second kappa shape index (κ2) is 10.3. The number of carbonyl (C=O) groups is 1. The maximum atomic E-state index is 13.1. The zero-order valence-electron chi connectivity index (χ0n) is 19.1. The quantitative estimate of drug-likeness (QED) is 0.517. The smallest absolute Gasteiger partial charge is 0.248 e. The van der Waals surface area contributed by atoms with Crippen molar-refractivity contribution in [3.8, 4) is 5.75 Å². The fraction of sp³-hybridized carbons (Fsp3) is 0.280. The van der Waals surface area contributed by atoms with Crippen LogP contribution in [0.5, 0.6) is 5.75 Å². The molecule has 178 valence electrons. The lowest BCUT2D eigenvalue weighted by Crippen LogP contribution is -2.40. The number of anilines is 1. The van der Waals surface area contributed by atoms with Crippen molar-refractivity contribution in [3.63, 3.8) is 0 Å². The lowest BCUT2D eigenvalue weighted by molar-refractivity contribution is -0.111. The molecule has 1 N–H and O–H groups in total. The molecule has 0 atom stereocenters. The highest BCUT2D eigenvalue weighted by Gasteiger charge is 2.27. The highest BCUT2D eigenvalue weighted by atomic mass is 32.2. The van der Waals surface area contributed by atoms with Crippen LogP contribution in [-0.4, -0.2) is 56.0 Å². The molecule has 0 saturated carbocycles. The molecule has 0 bridgehead atoms. The number of nitrogens with zero attached hydrogens (tertiary/aromatic N) is 2. The van der Waals surface area contributed by atoms with Crippen molar-refractivity contribution in [1.82, 2.24) is 9.29 Å². The predicted molar refractivity (Wildman–Crippen MR) is 131 cm³/mol. The molecule has 4 rings (SSSR count). The molecule has 1 aliphatic heterocycles. The Labute approximate surface area is 199 Å². The van der Waals surface area contributed by atoms with Crippen molar-refractivity contribution in [1.29, 1.82) is 0 Å². The number of carbonyl (C=O) groups excluding carboxylic acids is 1. The number of amides is 1. The van der Waals surface area contributed by atoms with Crippen LogP contribution in [0.15, 0.2) is 65.7 Å². The summed E-state index contributed by atoms with van der Waals surface area (Å²) < 4.78 is 38.6. The first-order chi connectivity index (χ1) is 16.3. The van der Waals surface area contributed by atoms with Gasteiger partial charge in [0.25, 0.3) is 0 Å². The summed E-state index contributed by atoms with van der Waals surface area (Å²) in [5, 5.41) is 3.74. The predicted octanol–water partition coefficient (Wildman–Crippen LogP) is 3.69. The van der Waals surface area contributed by atoms with Gasteiger partial charge in [-0.05, 0) is 44.2 Å². The summed E-state index contributed by atoms with van der Waals surface area (Å²) in [4.78, 5) is 17.2.